The summed E-state index contributed by atoms with van der Waals surface area (Å²) in [6.07, 6.45) is 0. The van der Waals surface area contributed by atoms with Gasteiger partial charge in [-0.05, 0) is 43.5 Å². The molecular weight excluding hydrogens is 190 g/mol. The topological polar surface area (TPSA) is 55.5 Å². The molecular formula is C12H19NO2. The number of hydrogen-bond donors (Lipinski definition) is 2. The van der Waals surface area contributed by atoms with Crippen molar-refractivity contribution in [2.75, 3.05) is 13.7 Å². The molecule has 0 aliphatic carbocycles. The van der Waals surface area contributed by atoms with E-state index >= 15 is 0 Å². The number of aliphatic hydroxyl groups is 1. The van der Waals surface area contributed by atoms with E-state index in [0.29, 0.717) is 0 Å². The number of nitrogens with two attached hydrogens (primary N) is 1. The standard InChI is InChI=1S/C12H19NO2/c1-8-9(2)11(15-4)6-5-10(8)12(3,14)7-13/h5-6,14H,7,13H2,1-4H3. The fourth-order valence-electron chi connectivity index (χ4n) is 1.71. The number of hydrogen-bond acceptors (Lipinski definition) is 3. The fraction of sp³-hybridized carbons (Fsp3) is 0.500. The molecule has 3 N–H and O–H groups in total. The number of ether oxygens (including phenoxy) is 1. The lowest BCUT2D eigenvalue weighted by Crippen LogP contribution is -2.32. The van der Waals surface area contributed by atoms with Gasteiger partial charge in [-0.2, -0.15) is 0 Å². The van der Waals surface area contributed by atoms with Gasteiger partial charge in [0.1, 0.15) is 5.75 Å². The Bertz CT molecular complexity index is 359. The Labute approximate surface area is 90.9 Å². The molecule has 0 fully saturated rings. The zero-order valence-corrected chi connectivity index (χ0v) is 9.79. The Morgan fingerprint density at radius 2 is 1.93 bits per heavy atom. The van der Waals surface area contributed by atoms with E-state index in [0.717, 1.165) is 22.4 Å². The van der Waals surface area contributed by atoms with Crippen molar-refractivity contribution >= 4 is 0 Å². The zero-order valence-electron chi connectivity index (χ0n) is 9.79. The van der Waals surface area contributed by atoms with Crippen LogP contribution in [0.15, 0.2) is 12.1 Å². The van der Waals surface area contributed by atoms with Crippen LogP contribution in [0.3, 0.4) is 0 Å². The van der Waals surface area contributed by atoms with Crippen LogP contribution >= 0.6 is 0 Å². The summed E-state index contributed by atoms with van der Waals surface area (Å²) in [7, 11) is 1.64. The van der Waals surface area contributed by atoms with E-state index < -0.39 is 5.60 Å². The maximum Gasteiger partial charge on any atom is 0.122 e. The smallest absolute Gasteiger partial charge is 0.122 e. The van der Waals surface area contributed by atoms with Crippen LogP contribution < -0.4 is 10.5 Å². The van der Waals surface area contributed by atoms with Crippen LogP contribution in [0, 0.1) is 13.8 Å². The molecule has 0 saturated heterocycles. The van der Waals surface area contributed by atoms with Crippen molar-refractivity contribution in [2.24, 2.45) is 5.73 Å². The first kappa shape index (κ1) is 12.0. The van der Waals surface area contributed by atoms with Crippen LogP contribution in [0.25, 0.3) is 0 Å². The predicted octanol–water partition coefficient (Wildman–Crippen LogP) is 1.48. The largest absolute Gasteiger partial charge is 0.496 e. The summed E-state index contributed by atoms with van der Waals surface area (Å²) in [5.74, 6) is 0.837. The second-order valence-corrected chi connectivity index (χ2v) is 4.04. The van der Waals surface area contributed by atoms with E-state index in [-0.39, 0.29) is 6.54 Å². The molecule has 1 atom stereocenters. The van der Waals surface area contributed by atoms with Crippen molar-refractivity contribution in [2.45, 2.75) is 26.4 Å². The Kier molecular flexibility index (Phi) is 3.37. The summed E-state index contributed by atoms with van der Waals surface area (Å²) in [4.78, 5) is 0. The van der Waals surface area contributed by atoms with Gasteiger partial charge in [-0.25, -0.2) is 0 Å². The van der Waals surface area contributed by atoms with Gasteiger partial charge in [0.15, 0.2) is 0 Å². The third-order valence-corrected chi connectivity index (χ3v) is 2.94. The molecule has 1 aromatic carbocycles. The minimum Gasteiger partial charge on any atom is -0.496 e. The molecule has 0 aliphatic rings. The summed E-state index contributed by atoms with van der Waals surface area (Å²) < 4.78 is 5.21. The second-order valence-electron chi connectivity index (χ2n) is 4.04. The van der Waals surface area contributed by atoms with Crippen molar-refractivity contribution in [1.29, 1.82) is 0 Å². The van der Waals surface area contributed by atoms with Gasteiger partial charge in [0.05, 0.1) is 12.7 Å². The predicted molar refractivity (Wildman–Crippen MR) is 61.1 cm³/mol. The molecule has 1 unspecified atom stereocenters. The van der Waals surface area contributed by atoms with E-state index in [1.165, 1.54) is 0 Å². The van der Waals surface area contributed by atoms with Gasteiger partial charge in [-0.15, -0.1) is 0 Å². The first-order valence-corrected chi connectivity index (χ1v) is 5.01. The number of methoxy groups -OCH3 is 1. The molecule has 3 heteroatoms. The van der Waals surface area contributed by atoms with Gasteiger partial charge in [0.2, 0.25) is 0 Å². The van der Waals surface area contributed by atoms with E-state index in [4.69, 9.17) is 10.5 Å². The van der Waals surface area contributed by atoms with Gasteiger partial charge in [0, 0.05) is 6.54 Å². The third-order valence-electron chi connectivity index (χ3n) is 2.94. The van der Waals surface area contributed by atoms with Crippen molar-refractivity contribution in [3.8, 4) is 5.75 Å². The first-order valence-electron chi connectivity index (χ1n) is 5.01. The van der Waals surface area contributed by atoms with Crippen molar-refractivity contribution in [1.82, 2.24) is 0 Å². The zero-order chi connectivity index (χ0) is 11.6. The van der Waals surface area contributed by atoms with E-state index in [1.54, 1.807) is 14.0 Å². The van der Waals surface area contributed by atoms with Crippen LogP contribution in [0.5, 0.6) is 5.75 Å². The SMILES string of the molecule is COc1ccc(C(C)(O)CN)c(C)c1C. The highest BCUT2D eigenvalue weighted by Gasteiger charge is 2.24. The molecule has 3 nitrogen and oxygen atoms in total. The highest BCUT2D eigenvalue weighted by Crippen LogP contribution is 2.30. The van der Waals surface area contributed by atoms with Crippen LogP contribution in [0.4, 0.5) is 0 Å². The quantitative estimate of drug-likeness (QED) is 0.792. The van der Waals surface area contributed by atoms with Crippen LogP contribution in [-0.2, 0) is 5.60 Å². The highest BCUT2D eigenvalue weighted by molar-refractivity contribution is 5.45. The third kappa shape index (κ3) is 2.13. The number of rotatable bonds is 3. The van der Waals surface area contributed by atoms with Gasteiger partial charge in [0.25, 0.3) is 0 Å². The van der Waals surface area contributed by atoms with Gasteiger partial charge in [-0.3, -0.25) is 0 Å². The molecule has 0 radical (unpaired) electrons. The first-order chi connectivity index (χ1) is 6.94. The van der Waals surface area contributed by atoms with E-state index in [9.17, 15) is 5.11 Å². The maximum absolute atomic E-state index is 10.1. The minimum absolute atomic E-state index is 0.208. The summed E-state index contributed by atoms with van der Waals surface area (Å²) in [6.45, 7) is 5.88. The molecule has 1 aromatic rings. The van der Waals surface area contributed by atoms with E-state index in [1.807, 2.05) is 26.0 Å². The Morgan fingerprint density at radius 3 is 2.40 bits per heavy atom. The molecule has 0 aromatic heterocycles. The van der Waals surface area contributed by atoms with Gasteiger partial charge in [-0.1, -0.05) is 6.07 Å². The molecule has 1 rings (SSSR count). The van der Waals surface area contributed by atoms with Crippen molar-refractivity contribution < 1.29 is 9.84 Å². The lowest BCUT2D eigenvalue weighted by molar-refractivity contribution is 0.0660. The average Bonchev–Trinajstić information content (AvgIpc) is 2.21. The normalized spacial score (nSPS) is 14.8. The highest BCUT2D eigenvalue weighted by atomic mass is 16.5. The fourth-order valence-corrected chi connectivity index (χ4v) is 1.71. The van der Waals surface area contributed by atoms with Crippen molar-refractivity contribution in [3.63, 3.8) is 0 Å². The maximum atomic E-state index is 10.1. The Hall–Kier alpha value is -1.06. The minimum atomic E-state index is -0.971. The van der Waals surface area contributed by atoms with Crippen LogP contribution in [0.2, 0.25) is 0 Å². The lowest BCUT2D eigenvalue weighted by atomic mass is 9.89. The van der Waals surface area contributed by atoms with Gasteiger partial charge >= 0.3 is 0 Å². The second kappa shape index (κ2) is 4.21. The number of benzene rings is 1. The summed E-state index contributed by atoms with van der Waals surface area (Å²) >= 11 is 0. The molecule has 0 spiro atoms. The van der Waals surface area contributed by atoms with Gasteiger partial charge < -0.3 is 15.6 Å². The molecule has 0 aliphatic heterocycles. The van der Waals surface area contributed by atoms with Crippen LogP contribution in [0.1, 0.15) is 23.6 Å². The summed E-state index contributed by atoms with van der Waals surface area (Å²) in [5, 5.41) is 10.1. The molecule has 0 bridgehead atoms. The van der Waals surface area contributed by atoms with E-state index in [2.05, 4.69) is 0 Å². The molecule has 84 valence electrons. The Balaban J connectivity index is 3.29. The average molecular weight is 209 g/mol. The summed E-state index contributed by atoms with van der Waals surface area (Å²) in [5.41, 5.74) is 7.52. The van der Waals surface area contributed by atoms with Crippen molar-refractivity contribution in [3.05, 3.63) is 28.8 Å². The monoisotopic (exact) mass is 209 g/mol. The molecule has 0 amide bonds. The molecule has 15 heavy (non-hydrogen) atoms. The summed E-state index contributed by atoms with van der Waals surface area (Å²) in [6, 6.07) is 3.73. The lowest BCUT2D eigenvalue weighted by Gasteiger charge is -2.25. The van der Waals surface area contributed by atoms with Crippen LogP contribution in [-0.4, -0.2) is 18.8 Å². The Morgan fingerprint density at radius 1 is 1.33 bits per heavy atom. The molecule has 0 saturated carbocycles. The molecule has 0 heterocycles.